The number of hydrogen-bond acceptors (Lipinski definition) is 3. The number of nitrogens with zero attached hydrogens (tertiary/aromatic N) is 1. The Kier molecular flexibility index (Phi) is 4.90. The van der Waals surface area contributed by atoms with Gasteiger partial charge in [0, 0.05) is 24.7 Å². The molecule has 0 aliphatic rings. The van der Waals surface area contributed by atoms with Gasteiger partial charge in [-0.1, -0.05) is 11.6 Å². The third-order valence-electron chi connectivity index (χ3n) is 2.58. The second-order valence-corrected chi connectivity index (χ2v) is 4.23. The normalized spacial score (nSPS) is 12.5. The highest BCUT2D eigenvalue weighted by Gasteiger charge is 2.14. The molecular weight excluding hydrogens is 224 g/mol. The van der Waals surface area contributed by atoms with Crippen molar-refractivity contribution in [1.29, 1.82) is 0 Å². The van der Waals surface area contributed by atoms with Gasteiger partial charge < -0.3 is 15.4 Å². The van der Waals surface area contributed by atoms with Crippen molar-refractivity contribution < 1.29 is 4.74 Å². The maximum absolute atomic E-state index is 5.96. The average molecular weight is 243 g/mol. The summed E-state index contributed by atoms with van der Waals surface area (Å²) in [5, 5.41) is 0.664. The zero-order chi connectivity index (χ0) is 12.1. The van der Waals surface area contributed by atoms with Crippen molar-refractivity contribution in [3.8, 4) is 0 Å². The van der Waals surface area contributed by atoms with Crippen LogP contribution in [0.3, 0.4) is 0 Å². The third-order valence-corrected chi connectivity index (χ3v) is 2.81. The van der Waals surface area contributed by atoms with E-state index in [1.807, 2.05) is 12.1 Å². The Morgan fingerprint density at radius 2 is 2.19 bits per heavy atom. The summed E-state index contributed by atoms with van der Waals surface area (Å²) in [6.07, 6.45) is 0. The van der Waals surface area contributed by atoms with E-state index in [0.717, 1.165) is 12.2 Å². The van der Waals surface area contributed by atoms with Gasteiger partial charge in [-0.25, -0.2) is 0 Å². The lowest BCUT2D eigenvalue weighted by Crippen LogP contribution is -2.36. The van der Waals surface area contributed by atoms with Crippen LogP contribution in [0.15, 0.2) is 18.2 Å². The van der Waals surface area contributed by atoms with E-state index in [4.69, 9.17) is 22.1 Å². The van der Waals surface area contributed by atoms with Gasteiger partial charge in [-0.05, 0) is 32.0 Å². The molecule has 0 fully saturated rings. The third kappa shape index (κ3) is 3.03. The molecule has 0 radical (unpaired) electrons. The van der Waals surface area contributed by atoms with Gasteiger partial charge in [-0.15, -0.1) is 0 Å². The maximum Gasteiger partial charge on any atom is 0.0663 e. The number of nitrogens with two attached hydrogens (primary N) is 1. The van der Waals surface area contributed by atoms with Gasteiger partial charge in [-0.2, -0.15) is 0 Å². The summed E-state index contributed by atoms with van der Waals surface area (Å²) >= 11 is 5.88. The summed E-state index contributed by atoms with van der Waals surface area (Å²) in [4.78, 5) is 2.20. The van der Waals surface area contributed by atoms with E-state index in [-0.39, 0.29) is 0 Å². The highest BCUT2D eigenvalue weighted by molar-refractivity contribution is 6.31. The Morgan fingerprint density at radius 1 is 1.50 bits per heavy atom. The Hall–Kier alpha value is -0.930. The average Bonchev–Trinajstić information content (AvgIpc) is 2.22. The lowest BCUT2D eigenvalue weighted by atomic mass is 10.2. The molecule has 0 heterocycles. The Morgan fingerprint density at radius 3 is 2.69 bits per heavy atom. The van der Waals surface area contributed by atoms with E-state index >= 15 is 0 Å². The molecule has 2 N–H and O–H groups in total. The van der Waals surface area contributed by atoms with Crippen LogP contribution in [0.4, 0.5) is 11.4 Å². The molecule has 0 aliphatic heterocycles. The highest BCUT2D eigenvalue weighted by atomic mass is 35.5. The minimum Gasteiger partial charge on any atom is -0.397 e. The minimum atomic E-state index is 0.290. The van der Waals surface area contributed by atoms with Crippen LogP contribution < -0.4 is 10.6 Å². The number of ether oxygens (including phenoxy) is 1. The first kappa shape index (κ1) is 13.1. The summed E-state index contributed by atoms with van der Waals surface area (Å²) in [5.41, 5.74) is 7.68. The molecule has 0 spiro atoms. The number of methoxy groups -OCH3 is 1. The number of rotatable bonds is 5. The quantitative estimate of drug-likeness (QED) is 0.807. The van der Waals surface area contributed by atoms with Crippen LogP contribution >= 0.6 is 11.6 Å². The standard InChI is InChI=1S/C12H19ClN2O/c1-4-15(9(2)8-16-3)12-6-5-10(13)7-11(12)14/h5-7,9H,4,8,14H2,1-3H3. The number of anilines is 2. The number of benzene rings is 1. The molecule has 0 saturated heterocycles. The second kappa shape index (κ2) is 5.97. The molecular formula is C12H19ClN2O. The molecule has 0 aromatic heterocycles. The molecule has 1 rings (SSSR count). The summed E-state index contributed by atoms with van der Waals surface area (Å²) in [6, 6.07) is 5.88. The Labute approximate surface area is 102 Å². The van der Waals surface area contributed by atoms with Crippen molar-refractivity contribution in [2.24, 2.45) is 0 Å². The summed E-state index contributed by atoms with van der Waals surface area (Å²) in [6.45, 7) is 5.77. The fourth-order valence-electron chi connectivity index (χ4n) is 1.84. The highest BCUT2D eigenvalue weighted by Crippen LogP contribution is 2.27. The van der Waals surface area contributed by atoms with Crippen molar-refractivity contribution >= 4 is 23.0 Å². The maximum atomic E-state index is 5.96. The molecule has 90 valence electrons. The summed E-state index contributed by atoms with van der Waals surface area (Å²) in [5.74, 6) is 0. The van der Waals surface area contributed by atoms with E-state index in [1.54, 1.807) is 13.2 Å². The largest absolute Gasteiger partial charge is 0.397 e. The van der Waals surface area contributed by atoms with Gasteiger partial charge in [-0.3, -0.25) is 0 Å². The van der Waals surface area contributed by atoms with Crippen LogP contribution in [-0.2, 0) is 4.74 Å². The smallest absolute Gasteiger partial charge is 0.0663 e. The molecule has 0 bridgehead atoms. The predicted molar refractivity (Wildman–Crippen MR) is 70.2 cm³/mol. The lowest BCUT2D eigenvalue weighted by Gasteiger charge is -2.30. The molecule has 4 heteroatoms. The number of halogens is 1. The van der Waals surface area contributed by atoms with Gasteiger partial charge in [0.25, 0.3) is 0 Å². The van der Waals surface area contributed by atoms with E-state index < -0.39 is 0 Å². The molecule has 1 aromatic carbocycles. The first-order valence-corrected chi connectivity index (χ1v) is 5.78. The molecule has 0 aliphatic carbocycles. The van der Waals surface area contributed by atoms with Crippen LogP contribution in [0.5, 0.6) is 0 Å². The van der Waals surface area contributed by atoms with Crippen molar-refractivity contribution in [2.45, 2.75) is 19.9 Å². The Bertz CT molecular complexity index is 344. The number of likely N-dealkylation sites (N-methyl/N-ethyl adjacent to an activating group) is 1. The van der Waals surface area contributed by atoms with Crippen LogP contribution in [0.25, 0.3) is 0 Å². The summed E-state index contributed by atoms with van der Waals surface area (Å²) in [7, 11) is 1.70. The van der Waals surface area contributed by atoms with Gasteiger partial charge in [0.05, 0.1) is 18.0 Å². The van der Waals surface area contributed by atoms with Gasteiger partial charge >= 0.3 is 0 Å². The summed E-state index contributed by atoms with van der Waals surface area (Å²) < 4.78 is 5.16. The van der Waals surface area contributed by atoms with Crippen LogP contribution in [0.1, 0.15) is 13.8 Å². The first-order chi connectivity index (χ1) is 7.60. The van der Waals surface area contributed by atoms with E-state index in [2.05, 4.69) is 18.7 Å². The molecule has 0 saturated carbocycles. The number of hydrogen-bond donors (Lipinski definition) is 1. The van der Waals surface area contributed by atoms with Gasteiger partial charge in [0.1, 0.15) is 0 Å². The Balaban J connectivity index is 2.94. The lowest BCUT2D eigenvalue weighted by molar-refractivity contribution is 0.182. The molecule has 1 aromatic rings. The zero-order valence-corrected chi connectivity index (χ0v) is 10.8. The fourth-order valence-corrected chi connectivity index (χ4v) is 2.02. The topological polar surface area (TPSA) is 38.5 Å². The van der Waals surface area contributed by atoms with E-state index in [0.29, 0.717) is 23.4 Å². The molecule has 0 amide bonds. The molecule has 16 heavy (non-hydrogen) atoms. The molecule has 1 unspecified atom stereocenters. The SMILES string of the molecule is CCN(c1ccc(Cl)cc1N)C(C)COC. The van der Waals surface area contributed by atoms with Gasteiger partial charge in [0.15, 0.2) is 0 Å². The van der Waals surface area contributed by atoms with Crippen LogP contribution in [0, 0.1) is 0 Å². The molecule has 3 nitrogen and oxygen atoms in total. The first-order valence-electron chi connectivity index (χ1n) is 5.40. The van der Waals surface area contributed by atoms with Crippen molar-refractivity contribution in [2.75, 3.05) is 30.9 Å². The molecule has 1 atom stereocenters. The van der Waals surface area contributed by atoms with E-state index in [9.17, 15) is 0 Å². The monoisotopic (exact) mass is 242 g/mol. The predicted octanol–water partition coefficient (Wildman–Crippen LogP) is 2.78. The van der Waals surface area contributed by atoms with Crippen molar-refractivity contribution in [3.63, 3.8) is 0 Å². The van der Waals surface area contributed by atoms with Crippen molar-refractivity contribution in [1.82, 2.24) is 0 Å². The van der Waals surface area contributed by atoms with Gasteiger partial charge in [0.2, 0.25) is 0 Å². The fraction of sp³-hybridized carbons (Fsp3) is 0.500. The van der Waals surface area contributed by atoms with E-state index in [1.165, 1.54) is 0 Å². The minimum absolute atomic E-state index is 0.290. The zero-order valence-electron chi connectivity index (χ0n) is 10.0. The van der Waals surface area contributed by atoms with Crippen molar-refractivity contribution in [3.05, 3.63) is 23.2 Å². The number of nitrogen functional groups attached to an aromatic ring is 1. The van der Waals surface area contributed by atoms with Crippen LogP contribution in [0.2, 0.25) is 5.02 Å². The second-order valence-electron chi connectivity index (χ2n) is 3.79. The van der Waals surface area contributed by atoms with Crippen LogP contribution in [-0.4, -0.2) is 26.3 Å².